The predicted octanol–water partition coefficient (Wildman–Crippen LogP) is 0.180. The lowest BCUT2D eigenvalue weighted by atomic mass is 10.0. The summed E-state index contributed by atoms with van der Waals surface area (Å²) in [4.78, 5) is 54.4. The summed E-state index contributed by atoms with van der Waals surface area (Å²) in [6.45, 7) is 1.51. The third-order valence-corrected chi connectivity index (χ3v) is 7.48. The molecular formula is C29H41N5O6S. The summed E-state index contributed by atoms with van der Waals surface area (Å²) in [5, 5.41) is 14.5. The Kier molecular flexibility index (Phi) is 13.4. The second kappa shape index (κ2) is 16.5. The van der Waals surface area contributed by atoms with Gasteiger partial charge in [0.2, 0.25) is 23.6 Å². The number of aromatic hydroxyl groups is 1. The van der Waals surface area contributed by atoms with Gasteiger partial charge in [-0.1, -0.05) is 42.5 Å². The van der Waals surface area contributed by atoms with E-state index in [9.17, 15) is 28.5 Å². The van der Waals surface area contributed by atoms with E-state index in [1.807, 2.05) is 30.3 Å². The van der Waals surface area contributed by atoms with Crippen molar-refractivity contribution < 1.29 is 28.5 Å². The van der Waals surface area contributed by atoms with Crippen LogP contribution in [0.2, 0.25) is 0 Å². The zero-order valence-electron chi connectivity index (χ0n) is 24.0. The normalized spacial score (nSPS) is 13.8. The molecule has 0 aliphatic heterocycles. The number of hydrogen-bond acceptors (Lipinski definition) is 7. The first-order valence-electron chi connectivity index (χ1n) is 13.3. The van der Waals surface area contributed by atoms with Crippen molar-refractivity contribution in [2.75, 3.05) is 39.2 Å². The van der Waals surface area contributed by atoms with E-state index in [1.54, 1.807) is 25.4 Å². The lowest BCUT2D eigenvalue weighted by Gasteiger charge is -2.31. The molecule has 224 valence electrons. The van der Waals surface area contributed by atoms with E-state index in [2.05, 4.69) is 10.6 Å². The first-order valence-corrected chi connectivity index (χ1v) is 15.1. The van der Waals surface area contributed by atoms with Gasteiger partial charge in [-0.2, -0.15) is 0 Å². The number of rotatable bonds is 15. The maximum atomic E-state index is 13.3. The number of benzene rings is 2. The number of carbonyl (C=O) groups excluding carboxylic acids is 4. The molecule has 0 saturated carbocycles. The van der Waals surface area contributed by atoms with Crippen LogP contribution in [-0.4, -0.2) is 100 Å². The van der Waals surface area contributed by atoms with E-state index in [1.165, 1.54) is 35.9 Å². The van der Waals surface area contributed by atoms with Gasteiger partial charge < -0.3 is 31.3 Å². The summed E-state index contributed by atoms with van der Waals surface area (Å²) >= 11 is 0. The van der Waals surface area contributed by atoms with Crippen LogP contribution in [0.25, 0.3) is 0 Å². The SMILES string of the molecule is C[C@@H](NC(=O)[C@@H](N)Cc1ccc(O)cc1)C(=O)NCC(=O)N(C)[C@@H](Cc1ccccc1)C(=O)N(C)CCCS(C)=O. The molecule has 12 heteroatoms. The van der Waals surface area contributed by atoms with Crippen LogP contribution in [0.15, 0.2) is 54.6 Å². The Morgan fingerprint density at radius 3 is 2.17 bits per heavy atom. The van der Waals surface area contributed by atoms with E-state index in [-0.39, 0.29) is 31.0 Å². The Labute approximate surface area is 243 Å². The van der Waals surface area contributed by atoms with Gasteiger partial charge in [-0.25, -0.2) is 0 Å². The second-order valence-electron chi connectivity index (χ2n) is 10.0. The molecule has 4 atom stereocenters. The highest BCUT2D eigenvalue weighted by Gasteiger charge is 2.30. The lowest BCUT2D eigenvalue weighted by molar-refractivity contribution is -0.143. The van der Waals surface area contributed by atoms with Gasteiger partial charge in [0.15, 0.2) is 0 Å². The number of amides is 4. The summed E-state index contributed by atoms with van der Waals surface area (Å²) in [5.41, 5.74) is 7.60. The minimum absolute atomic E-state index is 0.103. The molecule has 4 amide bonds. The molecular weight excluding hydrogens is 546 g/mol. The Bertz CT molecular complexity index is 1190. The lowest BCUT2D eigenvalue weighted by Crippen LogP contribution is -2.54. The molecule has 2 aromatic carbocycles. The molecule has 5 N–H and O–H groups in total. The van der Waals surface area contributed by atoms with Crippen molar-refractivity contribution >= 4 is 34.4 Å². The monoisotopic (exact) mass is 587 g/mol. The van der Waals surface area contributed by atoms with Crippen molar-refractivity contribution in [1.82, 2.24) is 20.4 Å². The fraction of sp³-hybridized carbons (Fsp3) is 0.448. The third-order valence-electron chi connectivity index (χ3n) is 6.61. The predicted molar refractivity (Wildman–Crippen MR) is 158 cm³/mol. The molecule has 1 unspecified atom stereocenters. The number of carbonyl (C=O) groups is 4. The van der Waals surface area contributed by atoms with Crippen LogP contribution in [0.5, 0.6) is 5.75 Å². The van der Waals surface area contributed by atoms with Crippen molar-refractivity contribution in [1.29, 1.82) is 0 Å². The third kappa shape index (κ3) is 11.3. The molecule has 0 heterocycles. The van der Waals surface area contributed by atoms with Crippen molar-refractivity contribution in [3.05, 3.63) is 65.7 Å². The minimum Gasteiger partial charge on any atom is -0.508 e. The quantitative estimate of drug-likeness (QED) is 0.231. The van der Waals surface area contributed by atoms with E-state index in [0.29, 0.717) is 18.7 Å². The van der Waals surface area contributed by atoms with Crippen molar-refractivity contribution in [2.45, 2.75) is 44.3 Å². The maximum Gasteiger partial charge on any atom is 0.245 e. The number of hydrogen-bond donors (Lipinski definition) is 4. The number of nitrogens with one attached hydrogen (secondary N) is 2. The van der Waals surface area contributed by atoms with Crippen LogP contribution in [0.1, 0.15) is 24.5 Å². The fourth-order valence-electron chi connectivity index (χ4n) is 4.08. The van der Waals surface area contributed by atoms with Crippen molar-refractivity contribution in [2.24, 2.45) is 5.73 Å². The second-order valence-corrected chi connectivity index (χ2v) is 11.6. The summed E-state index contributed by atoms with van der Waals surface area (Å²) < 4.78 is 11.4. The van der Waals surface area contributed by atoms with Crippen LogP contribution in [0.4, 0.5) is 0 Å². The topological polar surface area (TPSA) is 162 Å². The molecule has 2 aromatic rings. The van der Waals surface area contributed by atoms with Crippen molar-refractivity contribution in [3.63, 3.8) is 0 Å². The summed E-state index contributed by atoms with van der Waals surface area (Å²) in [5.74, 6) is -1.27. The Hall–Kier alpha value is -3.77. The van der Waals surface area contributed by atoms with E-state index >= 15 is 0 Å². The van der Waals surface area contributed by atoms with Crippen LogP contribution in [-0.2, 0) is 42.8 Å². The van der Waals surface area contributed by atoms with Crippen LogP contribution >= 0.6 is 0 Å². The van der Waals surface area contributed by atoms with Gasteiger partial charge >= 0.3 is 0 Å². The van der Waals surface area contributed by atoms with Gasteiger partial charge in [-0.15, -0.1) is 0 Å². The average molecular weight is 588 g/mol. The van der Waals surface area contributed by atoms with E-state index < -0.39 is 46.6 Å². The van der Waals surface area contributed by atoms with E-state index in [4.69, 9.17) is 5.73 Å². The van der Waals surface area contributed by atoms with Gasteiger partial charge in [0.05, 0.1) is 12.6 Å². The number of nitrogens with two attached hydrogens (primary N) is 1. The Morgan fingerprint density at radius 1 is 0.951 bits per heavy atom. The fourth-order valence-corrected chi connectivity index (χ4v) is 4.61. The molecule has 0 bridgehead atoms. The molecule has 0 saturated heterocycles. The molecule has 0 aliphatic carbocycles. The minimum atomic E-state index is -0.966. The molecule has 0 aliphatic rings. The smallest absolute Gasteiger partial charge is 0.245 e. The molecule has 0 radical (unpaired) electrons. The van der Waals surface area contributed by atoms with Gasteiger partial charge in [-0.05, 0) is 43.0 Å². The molecule has 41 heavy (non-hydrogen) atoms. The first-order chi connectivity index (χ1) is 19.4. The summed E-state index contributed by atoms with van der Waals surface area (Å²) in [6.07, 6.45) is 2.68. The molecule has 0 aromatic heterocycles. The zero-order valence-corrected chi connectivity index (χ0v) is 24.9. The molecule has 11 nitrogen and oxygen atoms in total. The van der Waals surface area contributed by atoms with Crippen LogP contribution in [0, 0.1) is 0 Å². The summed E-state index contributed by atoms with van der Waals surface area (Å²) in [6, 6.07) is 12.9. The molecule has 0 fully saturated rings. The first kappa shape index (κ1) is 33.4. The van der Waals surface area contributed by atoms with Gasteiger partial charge in [0.25, 0.3) is 0 Å². The Morgan fingerprint density at radius 2 is 1.56 bits per heavy atom. The van der Waals surface area contributed by atoms with Crippen LogP contribution < -0.4 is 16.4 Å². The highest BCUT2D eigenvalue weighted by Crippen LogP contribution is 2.12. The zero-order chi connectivity index (χ0) is 30.5. The number of phenols is 1. The maximum absolute atomic E-state index is 13.3. The highest BCUT2D eigenvalue weighted by atomic mass is 32.2. The summed E-state index contributed by atoms with van der Waals surface area (Å²) in [7, 11) is 2.20. The number of phenolic OH excluding ortho intramolecular Hbond substituents is 1. The van der Waals surface area contributed by atoms with Gasteiger partial charge in [-0.3, -0.25) is 23.4 Å². The number of nitrogens with zero attached hydrogens (tertiary/aromatic N) is 2. The largest absolute Gasteiger partial charge is 0.508 e. The highest BCUT2D eigenvalue weighted by molar-refractivity contribution is 7.84. The number of likely N-dealkylation sites (N-methyl/N-ethyl adjacent to an activating group) is 2. The Balaban J connectivity index is 1.96. The van der Waals surface area contributed by atoms with Gasteiger partial charge in [0, 0.05) is 49.9 Å². The van der Waals surface area contributed by atoms with Crippen LogP contribution in [0.3, 0.4) is 0 Å². The molecule has 2 rings (SSSR count). The standard InChI is InChI=1S/C29H41N5O6S/c1-20(32-28(38)24(30)17-22-11-13-23(35)14-12-22)27(37)31-19-26(36)34(3)25(18-21-9-6-5-7-10-21)29(39)33(2)15-8-16-41(4)40/h5-7,9-14,20,24-25,35H,8,15-19,30H2,1-4H3,(H,31,37)(H,32,38)/t20-,24+,25+,41?/m1/s1. The average Bonchev–Trinajstić information content (AvgIpc) is 2.95. The van der Waals surface area contributed by atoms with Crippen molar-refractivity contribution in [3.8, 4) is 5.75 Å². The van der Waals surface area contributed by atoms with Gasteiger partial charge in [0.1, 0.15) is 17.8 Å². The van der Waals surface area contributed by atoms with E-state index in [0.717, 1.165) is 11.1 Å². The molecule has 0 spiro atoms.